The standard InChI is InChI=1S/C9H17F3N2O/c10-9(11,12)6-14-8(5-13)7-1-3-15-4-2-7/h7-8,14H,1-6,13H2. The Hall–Kier alpha value is -0.330. The van der Waals surface area contributed by atoms with Gasteiger partial charge in [0.15, 0.2) is 0 Å². The Balaban J connectivity index is 2.34. The van der Waals surface area contributed by atoms with E-state index in [4.69, 9.17) is 10.5 Å². The lowest BCUT2D eigenvalue weighted by Gasteiger charge is -2.30. The number of hydrogen-bond acceptors (Lipinski definition) is 3. The van der Waals surface area contributed by atoms with Crippen LogP contribution in [0.1, 0.15) is 12.8 Å². The van der Waals surface area contributed by atoms with Crippen LogP contribution >= 0.6 is 0 Å². The fourth-order valence-corrected chi connectivity index (χ4v) is 1.81. The summed E-state index contributed by atoms with van der Waals surface area (Å²) in [5.41, 5.74) is 5.46. The molecule has 0 aromatic heterocycles. The van der Waals surface area contributed by atoms with Crippen molar-refractivity contribution in [2.24, 2.45) is 11.7 Å². The van der Waals surface area contributed by atoms with Gasteiger partial charge in [-0.25, -0.2) is 0 Å². The number of halogens is 3. The molecule has 3 N–H and O–H groups in total. The molecule has 15 heavy (non-hydrogen) atoms. The van der Waals surface area contributed by atoms with Crippen molar-refractivity contribution in [3.8, 4) is 0 Å². The van der Waals surface area contributed by atoms with Gasteiger partial charge in [-0.05, 0) is 18.8 Å². The Kier molecular flexibility index (Phi) is 4.82. The van der Waals surface area contributed by atoms with E-state index >= 15 is 0 Å². The van der Waals surface area contributed by atoms with Gasteiger partial charge in [0.25, 0.3) is 0 Å². The Bertz CT molecular complexity index is 181. The van der Waals surface area contributed by atoms with E-state index in [2.05, 4.69) is 5.32 Å². The summed E-state index contributed by atoms with van der Waals surface area (Å²) in [5, 5.41) is 2.47. The minimum atomic E-state index is -4.17. The summed E-state index contributed by atoms with van der Waals surface area (Å²) in [7, 11) is 0. The summed E-state index contributed by atoms with van der Waals surface area (Å²) in [6.45, 7) is 0.511. The van der Waals surface area contributed by atoms with Crippen LogP contribution in [0.4, 0.5) is 13.2 Å². The topological polar surface area (TPSA) is 47.3 Å². The molecule has 0 aliphatic carbocycles. The predicted octanol–water partition coefficient (Wildman–Crippen LogP) is 0.892. The van der Waals surface area contributed by atoms with Gasteiger partial charge >= 0.3 is 6.18 Å². The molecule has 1 rings (SSSR count). The molecule has 1 aliphatic rings. The number of alkyl halides is 3. The second kappa shape index (κ2) is 5.67. The van der Waals surface area contributed by atoms with Gasteiger partial charge in [0.2, 0.25) is 0 Å². The van der Waals surface area contributed by atoms with Crippen molar-refractivity contribution in [3.05, 3.63) is 0 Å². The van der Waals surface area contributed by atoms with Crippen LogP contribution in [0.2, 0.25) is 0 Å². The minimum Gasteiger partial charge on any atom is -0.381 e. The van der Waals surface area contributed by atoms with E-state index in [1.807, 2.05) is 0 Å². The highest BCUT2D eigenvalue weighted by molar-refractivity contribution is 4.80. The van der Waals surface area contributed by atoms with E-state index in [1.165, 1.54) is 0 Å². The highest BCUT2D eigenvalue weighted by Gasteiger charge is 2.30. The fraction of sp³-hybridized carbons (Fsp3) is 1.00. The lowest BCUT2D eigenvalue weighted by atomic mass is 9.92. The van der Waals surface area contributed by atoms with Crippen LogP contribution in [-0.4, -0.2) is 38.5 Å². The molecule has 0 bridgehead atoms. The normalized spacial score (nSPS) is 21.6. The average Bonchev–Trinajstić information content (AvgIpc) is 2.19. The van der Waals surface area contributed by atoms with E-state index in [9.17, 15) is 13.2 Å². The van der Waals surface area contributed by atoms with Crippen molar-refractivity contribution < 1.29 is 17.9 Å². The van der Waals surface area contributed by atoms with E-state index in [1.54, 1.807) is 0 Å². The zero-order valence-corrected chi connectivity index (χ0v) is 8.52. The number of hydrogen-bond donors (Lipinski definition) is 2. The summed E-state index contributed by atoms with van der Waals surface area (Å²) in [6, 6.07) is -0.254. The Labute approximate surface area is 87.2 Å². The summed E-state index contributed by atoms with van der Waals surface area (Å²) in [5.74, 6) is 0.200. The van der Waals surface area contributed by atoms with E-state index < -0.39 is 12.7 Å². The summed E-state index contributed by atoms with van der Waals surface area (Å²) in [4.78, 5) is 0. The number of rotatable bonds is 4. The van der Waals surface area contributed by atoms with Crippen LogP contribution in [-0.2, 0) is 4.74 Å². The first-order valence-corrected chi connectivity index (χ1v) is 5.11. The highest BCUT2D eigenvalue weighted by Crippen LogP contribution is 2.20. The van der Waals surface area contributed by atoms with E-state index in [0.29, 0.717) is 13.2 Å². The van der Waals surface area contributed by atoms with Gasteiger partial charge in [-0.3, -0.25) is 0 Å². The molecule has 1 fully saturated rings. The molecule has 90 valence electrons. The Morgan fingerprint density at radius 2 is 1.93 bits per heavy atom. The van der Waals surface area contributed by atoms with Crippen molar-refractivity contribution in [2.75, 3.05) is 26.3 Å². The Morgan fingerprint density at radius 3 is 2.40 bits per heavy atom. The van der Waals surface area contributed by atoms with Crippen LogP contribution in [0, 0.1) is 5.92 Å². The lowest BCUT2D eigenvalue weighted by molar-refractivity contribution is -0.127. The molecule has 0 spiro atoms. The predicted molar refractivity (Wildman–Crippen MR) is 50.4 cm³/mol. The molecule has 6 heteroatoms. The fourth-order valence-electron chi connectivity index (χ4n) is 1.81. The SMILES string of the molecule is NCC(NCC(F)(F)F)C1CCOCC1. The van der Waals surface area contributed by atoms with Gasteiger partial charge in [0, 0.05) is 25.8 Å². The lowest BCUT2D eigenvalue weighted by Crippen LogP contribution is -2.47. The number of nitrogens with one attached hydrogen (secondary N) is 1. The van der Waals surface area contributed by atoms with Gasteiger partial charge in [-0.2, -0.15) is 13.2 Å². The third kappa shape index (κ3) is 4.81. The van der Waals surface area contributed by atoms with Gasteiger partial charge in [-0.1, -0.05) is 0 Å². The second-order valence-electron chi connectivity index (χ2n) is 3.79. The number of nitrogens with two attached hydrogens (primary N) is 1. The molecule has 1 aliphatic heterocycles. The molecule has 1 unspecified atom stereocenters. The van der Waals surface area contributed by atoms with Crippen molar-refractivity contribution in [3.63, 3.8) is 0 Å². The van der Waals surface area contributed by atoms with Crippen LogP contribution in [0.15, 0.2) is 0 Å². The van der Waals surface area contributed by atoms with Crippen molar-refractivity contribution in [2.45, 2.75) is 25.1 Å². The quantitative estimate of drug-likeness (QED) is 0.748. The maximum absolute atomic E-state index is 12.0. The first kappa shape index (κ1) is 12.7. The van der Waals surface area contributed by atoms with Crippen LogP contribution in [0.5, 0.6) is 0 Å². The summed E-state index contributed by atoms with van der Waals surface area (Å²) >= 11 is 0. The van der Waals surface area contributed by atoms with Crippen molar-refractivity contribution in [1.82, 2.24) is 5.32 Å². The molecule has 0 radical (unpaired) electrons. The first-order chi connectivity index (χ1) is 7.03. The van der Waals surface area contributed by atoms with E-state index in [0.717, 1.165) is 12.8 Å². The van der Waals surface area contributed by atoms with Crippen LogP contribution in [0.25, 0.3) is 0 Å². The van der Waals surface area contributed by atoms with Crippen LogP contribution in [0.3, 0.4) is 0 Å². The van der Waals surface area contributed by atoms with Gasteiger partial charge in [-0.15, -0.1) is 0 Å². The third-order valence-corrected chi connectivity index (χ3v) is 2.65. The molecule has 0 saturated carbocycles. The smallest absolute Gasteiger partial charge is 0.381 e. The third-order valence-electron chi connectivity index (χ3n) is 2.65. The molecule has 0 amide bonds. The maximum Gasteiger partial charge on any atom is 0.401 e. The second-order valence-corrected chi connectivity index (χ2v) is 3.79. The molecule has 1 saturated heterocycles. The molecule has 1 heterocycles. The van der Waals surface area contributed by atoms with Gasteiger partial charge < -0.3 is 15.8 Å². The molecule has 3 nitrogen and oxygen atoms in total. The maximum atomic E-state index is 12.0. The monoisotopic (exact) mass is 226 g/mol. The average molecular weight is 226 g/mol. The molecule has 0 aromatic carbocycles. The van der Waals surface area contributed by atoms with E-state index in [-0.39, 0.29) is 18.5 Å². The largest absolute Gasteiger partial charge is 0.401 e. The minimum absolute atomic E-state index is 0.200. The zero-order valence-electron chi connectivity index (χ0n) is 8.52. The molecule has 1 atom stereocenters. The van der Waals surface area contributed by atoms with Crippen molar-refractivity contribution in [1.29, 1.82) is 0 Å². The highest BCUT2D eigenvalue weighted by atomic mass is 19.4. The molecular formula is C9H17F3N2O. The van der Waals surface area contributed by atoms with Crippen LogP contribution < -0.4 is 11.1 Å². The Morgan fingerprint density at radius 1 is 1.33 bits per heavy atom. The van der Waals surface area contributed by atoms with Crippen molar-refractivity contribution >= 4 is 0 Å². The molecule has 0 aromatic rings. The summed E-state index contributed by atoms with van der Waals surface area (Å²) in [6.07, 6.45) is -2.60. The first-order valence-electron chi connectivity index (χ1n) is 5.11. The van der Waals surface area contributed by atoms with Gasteiger partial charge in [0.05, 0.1) is 6.54 Å². The van der Waals surface area contributed by atoms with Gasteiger partial charge in [0.1, 0.15) is 0 Å². The number of ether oxygens (including phenoxy) is 1. The zero-order chi connectivity index (χ0) is 11.3. The molecular weight excluding hydrogens is 209 g/mol. The summed E-state index contributed by atoms with van der Waals surface area (Å²) < 4.78 is 41.1.